The SMILES string of the molecule is CC1CCCCN1c1ccc(N2CCN(C(=O)c3cccc([N+](=O)[O-])c3)CC2)nn1. The Hall–Kier alpha value is -3.23. The van der Waals surface area contributed by atoms with Crippen LogP contribution in [-0.2, 0) is 0 Å². The van der Waals surface area contributed by atoms with Crippen molar-refractivity contribution >= 4 is 23.2 Å². The van der Waals surface area contributed by atoms with Gasteiger partial charge in [-0.25, -0.2) is 0 Å². The first-order chi connectivity index (χ1) is 14.5. The third-order valence-corrected chi connectivity index (χ3v) is 5.93. The van der Waals surface area contributed by atoms with Crippen LogP contribution in [0.15, 0.2) is 36.4 Å². The summed E-state index contributed by atoms with van der Waals surface area (Å²) in [5.74, 6) is 1.55. The van der Waals surface area contributed by atoms with Crippen molar-refractivity contribution in [3.8, 4) is 0 Å². The third-order valence-electron chi connectivity index (χ3n) is 5.93. The lowest BCUT2D eigenvalue weighted by atomic mass is 10.0. The molecule has 158 valence electrons. The molecule has 0 N–H and O–H groups in total. The number of hydrogen-bond acceptors (Lipinski definition) is 7. The number of non-ortho nitro benzene ring substituents is 1. The number of rotatable bonds is 4. The quantitative estimate of drug-likeness (QED) is 0.565. The first kappa shape index (κ1) is 20.1. The second-order valence-electron chi connectivity index (χ2n) is 7.87. The van der Waals surface area contributed by atoms with Crippen molar-refractivity contribution in [2.45, 2.75) is 32.2 Å². The maximum Gasteiger partial charge on any atom is 0.270 e. The van der Waals surface area contributed by atoms with Crippen LogP contribution in [0.4, 0.5) is 17.3 Å². The monoisotopic (exact) mass is 410 g/mol. The molecule has 4 rings (SSSR count). The highest BCUT2D eigenvalue weighted by Gasteiger charge is 2.25. The van der Waals surface area contributed by atoms with Gasteiger partial charge in [0.1, 0.15) is 0 Å². The molecule has 0 radical (unpaired) electrons. The Morgan fingerprint density at radius 3 is 2.43 bits per heavy atom. The molecule has 0 bridgehead atoms. The fourth-order valence-electron chi connectivity index (χ4n) is 4.15. The molecule has 9 nitrogen and oxygen atoms in total. The van der Waals surface area contributed by atoms with Crippen molar-refractivity contribution in [3.63, 3.8) is 0 Å². The highest BCUT2D eigenvalue weighted by Crippen LogP contribution is 2.24. The van der Waals surface area contributed by atoms with E-state index in [0.717, 1.165) is 18.2 Å². The average Bonchev–Trinajstić information content (AvgIpc) is 2.79. The van der Waals surface area contributed by atoms with Crippen molar-refractivity contribution < 1.29 is 9.72 Å². The van der Waals surface area contributed by atoms with Crippen LogP contribution in [0.25, 0.3) is 0 Å². The van der Waals surface area contributed by atoms with Crippen molar-refractivity contribution in [3.05, 3.63) is 52.1 Å². The van der Waals surface area contributed by atoms with Crippen LogP contribution in [0.2, 0.25) is 0 Å². The van der Waals surface area contributed by atoms with Crippen molar-refractivity contribution in [1.29, 1.82) is 0 Å². The van der Waals surface area contributed by atoms with E-state index in [0.29, 0.717) is 37.8 Å². The Labute approximate surface area is 175 Å². The Bertz CT molecular complexity index is 911. The summed E-state index contributed by atoms with van der Waals surface area (Å²) in [6, 6.07) is 10.4. The molecule has 2 aromatic rings. The molecule has 30 heavy (non-hydrogen) atoms. The minimum absolute atomic E-state index is 0.0714. The number of nitro groups is 1. The molecule has 3 heterocycles. The summed E-state index contributed by atoms with van der Waals surface area (Å²) in [7, 11) is 0. The summed E-state index contributed by atoms with van der Waals surface area (Å²) in [5.41, 5.74) is 0.273. The molecule has 1 amide bonds. The van der Waals surface area contributed by atoms with Gasteiger partial charge in [-0.1, -0.05) is 6.07 Å². The van der Waals surface area contributed by atoms with E-state index in [-0.39, 0.29) is 11.6 Å². The maximum atomic E-state index is 12.7. The van der Waals surface area contributed by atoms with Crippen molar-refractivity contribution in [2.75, 3.05) is 42.5 Å². The number of piperazine rings is 1. The smallest absolute Gasteiger partial charge is 0.270 e. The van der Waals surface area contributed by atoms with Crippen molar-refractivity contribution in [2.24, 2.45) is 0 Å². The van der Waals surface area contributed by atoms with Crippen LogP contribution < -0.4 is 9.80 Å². The minimum Gasteiger partial charge on any atom is -0.352 e. The van der Waals surface area contributed by atoms with Crippen LogP contribution in [0.5, 0.6) is 0 Å². The number of hydrogen-bond donors (Lipinski definition) is 0. The maximum absolute atomic E-state index is 12.7. The van der Waals surface area contributed by atoms with Crippen LogP contribution >= 0.6 is 0 Å². The Morgan fingerprint density at radius 1 is 1.03 bits per heavy atom. The summed E-state index contributed by atoms with van der Waals surface area (Å²) < 4.78 is 0. The second-order valence-corrected chi connectivity index (χ2v) is 7.87. The number of anilines is 2. The molecule has 1 atom stereocenters. The number of nitrogens with zero attached hydrogens (tertiary/aromatic N) is 6. The Balaban J connectivity index is 1.37. The number of carbonyl (C=O) groups is 1. The van der Waals surface area contributed by atoms with Gasteiger partial charge in [-0.3, -0.25) is 14.9 Å². The highest BCUT2D eigenvalue weighted by molar-refractivity contribution is 5.95. The zero-order valence-electron chi connectivity index (χ0n) is 17.1. The Kier molecular flexibility index (Phi) is 5.78. The summed E-state index contributed by atoms with van der Waals surface area (Å²) in [6.07, 6.45) is 3.64. The zero-order valence-corrected chi connectivity index (χ0v) is 17.1. The predicted octanol–water partition coefficient (Wildman–Crippen LogP) is 2.73. The lowest BCUT2D eigenvalue weighted by molar-refractivity contribution is -0.384. The van der Waals surface area contributed by atoms with Gasteiger partial charge in [-0.05, 0) is 44.4 Å². The molecular formula is C21H26N6O3. The fourth-order valence-corrected chi connectivity index (χ4v) is 4.15. The van der Waals surface area contributed by atoms with E-state index in [1.165, 1.54) is 31.4 Å². The fraction of sp³-hybridized carbons (Fsp3) is 0.476. The number of carbonyl (C=O) groups excluding carboxylic acids is 1. The number of piperidine rings is 1. The summed E-state index contributed by atoms with van der Waals surface area (Å²) >= 11 is 0. The zero-order chi connectivity index (χ0) is 21.1. The van der Waals surface area contributed by atoms with E-state index >= 15 is 0 Å². The molecule has 1 aromatic heterocycles. The average molecular weight is 410 g/mol. The van der Waals surface area contributed by atoms with Crippen LogP contribution in [0, 0.1) is 10.1 Å². The second kappa shape index (κ2) is 8.64. The summed E-state index contributed by atoms with van der Waals surface area (Å²) in [4.78, 5) is 29.4. The molecule has 9 heteroatoms. The van der Waals surface area contributed by atoms with E-state index in [4.69, 9.17) is 0 Å². The van der Waals surface area contributed by atoms with E-state index in [1.54, 1.807) is 17.0 Å². The van der Waals surface area contributed by atoms with Gasteiger partial charge in [-0.2, -0.15) is 0 Å². The highest BCUT2D eigenvalue weighted by atomic mass is 16.6. The number of amides is 1. The van der Waals surface area contributed by atoms with Crippen LogP contribution in [0.3, 0.4) is 0 Å². The Morgan fingerprint density at radius 2 is 1.77 bits per heavy atom. The molecule has 2 fully saturated rings. The van der Waals surface area contributed by atoms with Crippen molar-refractivity contribution in [1.82, 2.24) is 15.1 Å². The molecular weight excluding hydrogens is 384 g/mol. The summed E-state index contributed by atoms with van der Waals surface area (Å²) in [5, 5.41) is 19.8. The van der Waals surface area contributed by atoms with Gasteiger partial charge in [0.05, 0.1) is 4.92 Å². The van der Waals surface area contributed by atoms with Gasteiger partial charge in [0, 0.05) is 56.5 Å². The van der Waals surface area contributed by atoms with E-state index < -0.39 is 4.92 Å². The number of nitro benzene ring substituents is 1. The van der Waals surface area contributed by atoms with Gasteiger partial charge in [0.25, 0.3) is 11.6 Å². The standard InChI is InChI=1S/C21H26N6O3/c1-16-5-2-3-10-26(16)20-9-8-19(22-23-20)24-11-13-25(14-12-24)21(28)17-6-4-7-18(15-17)27(29)30/h4,6-9,15-16H,2-3,5,10-14H2,1H3. The van der Waals surface area contributed by atoms with Gasteiger partial charge in [0.2, 0.25) is 0 Å². The molecule has 2 aliphatic heterocycles. The van der Waals surface area contributed by atoms with E-state index in [1.807, 2.05) is 12.1 Å². The third kappa shape index (κ3) is 4.19. The van der Waals surface area contributed by atoms with Gasteiger partial charge < -0.3 is 14.7 Å². The van der Waals surface area contributed by atoms with Gasteiger partial charge >= 0.3 is 0 Å². The molecule has 2 aliphatic rings. The predicted molar refractivity (Wildman–Crippen MR) is 114 cm³/mol. The normalized spacial score (nSPS) is 19.6. The lowest BCUT2D eigenvalue weighted by Crippen LogP contribution is -2.49. The molecule has 0 spiro atoms. The topological polar surface area (TPSA) is 95.7 Å². The van der Waals surface area contributed by atoms with Gasteiger partial charge in [-0.15, -0.1) is 10.2 Å². The number of aromatic nitrogens is 2. The molecule has 2 saturated heterocycles. The molecule has 0 saturated carbocycles. The molecule has 1 unspecified atom stereocenters. The summed E-state index contributed by atoms with van der Waals surface area (Å²) in [6.45, 7) is 5.62. The lowest BCUT2D eigenvalue weighted by Gasteiger charge is -2.36. The minimum atomic E-state index is -0.484. The first-order valence-corrected chi connectivity index (χ1v) is 10.4. The first-order valence-electron chi connectivity index (χ1n) is 10.4. The largest absolute Gasteiger partial charge is 0.352 e. The van der Waals surface area contributed by atoms with Gasteiger partial charge in [0.15, 0.2) is 11.6 Å². The molecule has 0 aliphatic carbocycles. The van der Waals surface area contributed by atoms with Crippen LogP contribution in [-0.4, -0.2) is 64.7 Å². The number of benzene rings is 1. The van der Waals surface area contributed by atoms with Crippen LogP contribution in [0.1, 0.15) is 36.5 Å². The van der Waals surface area contributed by atoms with E-state index in [2.05, 4.69) is 26.9 Å². The van der Waals surface area contributed by atoms with E-state index in [9.17, 15) is 14.9 Å². The molecule has 1 aromatic carbocycles.